The molecular weight excluding hydrogens is 380 g/mol. The van der Waals surface area contributed by atoms with Crippen LogP contribution < -0.4 is 9.88 Å². The van der Waals surface area contributed by atoms with Crippen LogP contribution in [0.5, 0.6) is 0 Å². The van der Waals surface area contributed by atoms with Gasteiger partial charge >= 0.3 is 0 Å². The monoisotopic (exact) mass is 399 g/mol. The second kappa shape index (κ2) is 7.48. The highest BCUT2D eigenvalue weighted by Crippen LogP contribution is 2.29. The van der Waals surface area contributed by atoms with E-state index in [1.165, 1.54) is 13.0 Å². The summed E-state index contributed by atoms with van der Waals surface area (Å²) in [6.45, 7) is 3.18. The molecule has 2 aromatic carbocycles. The van der Waals surface area contributed by atoms with Crippen LogP contribution in [-0.4, -0.2) is 23.3 Å². The van der Waals surface area contributed by atoms with Crippen molar-refractivity contribution in [2.45, 2.75) is 19.9 Å². The third kappa shape index (κ3) is 3.33. The summed E-state index contributed by atoms with van der Waals surface area (Å²) in [5.41, 5.74) is 2.29. The summed E-state index contributed by atoms with van der Waals surface area (Å²) in [4.78, 5) is 49.9. The SMILES string of the molecule is CC(=O)c1ccc[n+]([C@H](C)C(=O)Nc2ccc3c(c2)C(=O)c2ccccc2C3=O)c1. The van der Waals surface area contributed by atoms with Crippen molar-refractivity contribution >= 4 is 28.9 Å². The van der Waals surface area contributed by atoms with Crippen LogP contribution in [0.2, 0.25) is 0 Å². The van der Waals surface area contributed by atoms with Gasteiger partial charge in [-0.1, -0.05) is 24.3 Å². The van der Waals surface area contributed by atoms with Gasteiger partial charge < -0.3 is 5.32 Å². The summed E-state index contributed by atoms with van der Waals surface area (Å²) in [6.07, 6.45) is 3.33. The van der Waals surface area contributed by atoms with Crippen molar-refractivity contribution in [1.82, 2.24) is 0 Å². The van der Waals surface area contributed by atoms with Gasteiger partial charge in [0.15, 0.2) is 29.7 Å². The molecule has 1 aliphatic carbocycles. The summed E-state index contributed by atoms with van der Waals surface area (Å²) < 4.78 is 1.65. The molecule has 0 saturated carbocycles. The first kappa shape index (κ1) is 19.4. The molecule has 0 unspecified atom stereocenters. The van der Waals surface area contributed by atoms with Crippen molar-refractivity contribution in [3.8, 4) is 0 Å². The van der Waals surface area contributed by atoms with Crippen molar-refractivity contribution in [2.75, 3.05) is 5.32 Å². The largest absolute Gasteiger partial charge is 0.320 e. The number of benzene rings is 2. The van der Waals surface area contributed by atoms with Gasteiger partial charge in [0, 0.05) is 40.9 Å². The van der Waals surface area contributed by atoms with E-state index in [0.717, 1.165) is 0 Å². The highest BCUT2D eigenvalue weighted by atomic mass is 16.2. The Balaban J connectivity index is 1.60. The third-order valence-corrected chi connectivity index (χ3v) is 5.25. The molecule has 6 nitrogen and oxygen atoms in total. The lowest BCUT2D eigenvalue weighted by molar-refractivity contribution is -0.705. The maximum Gasteiger partial charge on any atom is 0.293 e. The maximum atomic E-state index is 12.8. The fourth-order valence-electron chi connectivity index (χ4n) is 3.50. The number of carbonyl (C=O) groups is 4. The van der Waals surface area contributed by atoms with E-state index in [1.54, 1.807) is 72.4 Å². The first-order chi connectivity index (χ1) is 14.4. The van der Waals surface area contributed by atoms with Crippen LogP contribution in [0.4, 0.5) is 5.69 Å². The van der Waals surface area contributed by atoms with E-state index in [1.807, 2.05) is 0 Å². The summed E-state index contributed by atoms with van der Waals surface area (Å²) >= 11 is 0. The Hall–Kier alpha value is -3.93. The molecule has 1 amide bonds. The molecule has 148 valence electrons. The summed E-state index contributed by atoms with van der Waals surface area (Å²) in [5, 5.41) is 2.79. The number of nitrogens with zero attached hydrogens (tertiary/aromatic N) is 1. The Bertz CT molecular complexity index is 1230. The summed E-state index contributed by atoms with van der Waals surface area (Å²) in [5.74, 6) is -0.846. The molecule has 1 atom stereocenters. The number of anilines is 1. The van der Waals surface area contributed by atoms with Crippen molar-refractivity contribution in [1.29, 1.82) is 0 Å². The number of amides is 1. The van der Waals surface area contributed by atoms with Gasteiger partial charge in [-0.3, -0.25) is 19.2 Å². The third-order valence-electron chi connectivity index (χ3n) is 5.25. The first-order valence-corrected chi connectivity index (χ1v) is 9.52. The van der Waals surface area contributed by atoms with E-state index in [2.05, 4.69) is 5.32 Å². The highest BCUT2D eigenvalue weighted by Gasteiger charge is 2.30. The number of hydrogen-bond donors (Lipinski definition) is 1. The van der Waals surface area contributed by atoms with E-state index in [-0.39, 0.29) is 28.8 Å². The lowest BCUT2D eigenvalue weighted by Gasteiger charge is -2.18. The van der Waals surface area contributed by atoms with Crippen LogP contribution >= 0.6 is 0 Å². The average Bonchev–Trinajstić information content (AvgIpc) is 2.77. The van der Waals surface area contributed by atoms with E-state index in [0.29, 0.717) is 27.9 Å². The number of Topliss-reactive ketones (excluding diaryl/α,β-unsaturated/α-hetero) is 1. The molecule has 1 heterocycles. The molecule has 0 bridgehead atoms. The van der Waals surface area contributed by atoms with Crippen LogP contribution in [0.1, 0.15) is 62.1 Å². The number of pyridine rings is 1. The lowest BCUT2D eigenvalue weighted by Crippen LogP contribution is -2.44. The number of aromatic nitrogens is 1. The number of hydrogen-bond acceptors (Lipinski definition) is 4. The normalized spacial score (nSPS) is 13.3. The van der Waals surface area contributed by atoms with E-state index >= 15 is 0 Å². The Morgan fingerprint density at radius 2 is 1.50 bits per heavy atom. The molecule has 3 aromatic rings. The molecular formula is C24H19N2O4+. The predicted molar refractivity (Wildman–Crippen MR) is 110 cm³/mol. The maximum absolute atomic E-state index is 12.8. The minimum Gasteiger partial charge on any atom is -0.320 e. The van der Waals surface area contributed by atoms with Gasteiger partial charge in [0.05, 0.1) is 5.56 Å². The van der Waals surface area contributed by atoms with Gasteiger partial charge in [-0.15, -0.1) is 0 Å². The molecule has 4 rings (SSSR count). The number of rotatable bonds is 4. The standard InChI is InChI=1S/C24H18N2O4/c1-14(26-11-5-6-16(13-26)15(2)27)24(30)25-17-9-10-20-21(12-17)23(29)19-8-4-3-7-18(19)22(20)28/h3-14H,1-2H3/p+1/t14-/m1/s1. The molecule has 1 N–H and O–H groups in total. The van der Waals surface area contributed by atoms with Crippen molar-refractivity contribution in [3.63, 3.8) is 0 Å². The molecule has 1 aromatic heterocycles. The smallest absolute Gasteiger partial charge is 0.293 e. The van der Waals surface area contributed by atoms with Gasteiger partial charge in [-0.2, -0.15) is 4.57 Å². The molecule has 0 radical (unpaired) electrons. The Morgan fingerprint density at radius 1 is 0.867 bits per heavy atom. The number of nitrogens with one attached hydrogen (secondary N) is 1. The zero-order valence-corrected chi connectivity index (χ0v) is 16.5. The second-order valence-electron chi connectivity index (χ2n) is 7.23. The fourth-order valence-corrected chi connectivity index (χ4v) is 3.50. The van der Waals surface area contributed by atoms with Crippen molar-refractivity contribution in [2.24, 2.45) is 0 Å². The zero-order chi connectivity index (χ0) is 21.4. The van der Waals surface area contributed by atoms with Crippen LogP contribution in [0.25, 0.3) is 0 Å². The zero-order valence-electron chi connectivity index (χ0n) is 16.5. The Labute approximate surface area is 173 Å². The van der Waals surface area contributed by atoms with Gasteiger partial charge in [0.2, 0.25) is 6.04 Å². The quantitative estimate of drug-likeness (QED) is 0.422. The van der Waals surface area contributed by atoms with Gasteiger partial charge in [-0.05, 0) is 31.2 Å². The minimum absolute atomic E-state index is 0.0879. The van der Waals surface area contributed by atoms with Crippen LogP contribution in [0.3, 0.4) is 0 Å². The Morgan fingerprint density at radius 3 is 2.17 bits per heavy atom. The molecule has 0 fully saturated rings. The summed E-state index contributed by atoms with van der Waals surface area (Å²) in [7, 11) is 0. The molecule has 0 saturated heterocycles. The molecule has 1 aliphatic rings. The second-order valence-corrected chi connectivity index (χ2v) is 7.23. The van der Waals surface area contributed by atoms with E-state index in [9.17, 15) is 19.2 Å². The first-order valence-electron chi connectivity index (χ1n) is 9.52. The minimum atomic E-state index is -0.585. The van der Waals surface area contributed by atoms with E-state index in [4.69, 9.17) is 0 Å². The van der Waals surface area contributed by atoms with Crippen molar-refractivity contribution in [3.05, 3.63) is 94.8 Å². The number of ketones is 3. The lowest BCUT2D eigenvalue weighted by atomic mass is 9.84. The molecule has 0 spiro atoms. The highest BCUT2D eigenvalue weighted by molar-refractivity contribution is 6.28. The molecule has 30 heavy (non-hydrogen) atoms. The number of fused-ring (bicyclic) bond motifs is 2. The van der Waals surface area contributed by atoms with E-state index < -0.39 is 6.04 Å². The topological polar surface area (TPSA) is 84.2 Å². The van der Waals surface area contributed by atoms with Crippen LogP contribution in [-0.2, 0) is 4.79 Å². The van der Waals surface area contributed by atoms with Gasteiger partial charge in [0.25, 0.3) is 5.91 Å². The van der Waals surface area contributed by atoms with Gasteiger partial charge in [-0.25, -0.2) is 0 Å². The number of carbonyl (C=O) groups excluding carboxylic acids is 4. The summed E-state index contributed by atoms with van der Waals surface area (Å²) in [6, 6.07) is 14.2. The Kier molecular flexibility index (Phi) is 4.83. The average molecular weight is 399 g/mol. The van der Waals surface area contributed by atoms with Crippen LogP contribution in [0.15, 0.2) is 67.0 Å². The fraction of sp³-hybridized carbons (Fsp3) is 0.125. The molecule has 6 heteroatoms. The molecule has 0 aliphatic heterocycles. The van der Waals surface area contributed by atoms with Crippen molar-refractivity contribution < 1.29 is 23.7 Å². The van der Waals surface area contributed by atoms with Crippen LogP contribution in [0, 0.1) is 0 Å². The van der Waals surface area contributed by atoms with Gasteiger partial charge in [0.1, 0.15) is 0 Å². The predicted octanol–water partition coefficient (Wildman–Crippen LogP) is 3.15.